The van der Waals surface area contributed by atoms with Gasteiger partial charge in [0.05, 0.1) is 12.0 Å². The number of carbonyl (C=O) groups is 1. The smallest absolute Gasteiger partial charge is 0.307 e. The average molecular weight is 342 g/mol. The van der Waals surface area contributed by atoms with Crippen LogP contribution < -0.4 is 0 Å². The summed E-state index contributed by atoms with van der Waals surface area (Å²) in [4.78, 5) is 15.1. The molecule has 25 heavy (non-hydrogen) atoms. The van der Waals surface area contributed by atoms with E-state index in [1.54, 1.807) is 23.9 Å². The van der Waals surface area contributed by atoms with Crippen LogP contribution in [0.2, 0.25) is 0 Å². The third-order valence-electron chi connectivity index (χ3n) is 4.10. The zero-order chi connectivity index (χ0) is 17.7. The topological polar surface area (TPSA) is 68.3 Å². The SMILES string of the molecule is Cn1cc(-c2nc3ccc(CC(=O)O)c(F)c3o2)c2cc(F)ccc21. The molecule has 0 unspecified atom stereocenters. The highest BCUT2D eigenvalue weighted by Gasteiger charge is 2.19. The van der Waals surface area contributed by atoms with Crippen molar-refractivity contribution in [2.45, 2.75) is 6.42 Å². The number of oxazole rings is 1. The number of carboxylic acids is 1. The van der Waals surface area contributed by atoms with Crippen molar-refractivity contribution >= 4 is 28.0 Å². The van der Waals surface area contributed by atoms with Crippen molar-refractivity contribution in [1.82, 2.24) is 9.55 Å². The number of rotatable bonds is 3. The number of hydrogen-bond acceptors (Lipinski definition) is 3. The van der Waals surface area contributed by atoms with Gasteiger partial charge in [-0.05, 0) is 24.3 Å². The molecule has 5 nitrogen and oxygen atoms in total. The summed E-state index contributed by atoms with van der Waals surface area (Å²) >= 11 is 0. The summed E-state index contributed by atoms with van der Waals surface area (Å²) < 4.78 is 35.4. The lowest BCUT2D eigenvalue weighted by molar-refractivity contribution is -0.136. The highest BCUT2D eigenvalue weighted by atomic mass is 19.1. The molecule has 0 saturated carbocycles. The average Bonchev–Trinajstić information content (AvgIpc) is 3.12. The Labute approximate surface area is 140 Å². The molecule has 4 aromatic rings. The molecular formula is C18H12F2N2O3. The van der Waals surface area contributed by atoms with Gasteiger partial charge < -0.3 is 14.1 Å². The van der Waals surface area contributed by atoms with E-state index in [-0.39, 0.29) is 22.6 Å². The fourth-order valence-corrected chi connectivity index (χ4v) is 2.95. The second kappa shape index (κ2) is 5.41. The number of hydrogen-bond donors (Lipinski definition) is 1. The standard InChI is InChI=1S/C18H12F2N2O3/c1-22-8-12(11-7-10(19)3-5-14(11)22)18-21-13-4-2-9(6-15(23)24)16(20)17(13)25-18/h2-5,7-8H,6H2,1H3,(H,23,24). The molecular weight excluding hydrogens is 330 g/mol. The Kier molecular flexibility index (Phi) is 3.31. The fourth-order valence-electron chi connectivity index (χ4n) is 2.95. The Bertz CT molecular complexity index is 1140. The summed E-state index contributed by atoms with van der Waals surface area (Å²) in [5, 5.41) is 9.44. The molecule has 0 amide bonds. The molecule has 0 bridgehead atoms. The third-order valence-corrected chi connectivity index (χ3v) is 4.10. The Balaban J connectivity index is 1.92. The van der Waals surface area contributed by atoms with Gasteiger partial charge >= 0.3 is 5.97 Å². The minimum Gasteiger partial charge on any atom is -0.481 e. The lowest BCUT2D eigenvalue weighted by atomic mass is 10.1. The van der Waals surface area contributed by atoms with Crippen LogP contribution in [0.4, 0.5) is 8.78 Å². The Morgan fingerprint density at radius 2 is 2.08 bits per heavy atom. The number of halogens is 2. The van der Waals surface area contributed by atoms with E-state index in [4.69, 9.17) is 9.52 Å². The van der Waals surface area contributed by atoms with Gasteiger partial charge in [-0.15, -0.1) is 0 Å². The van der Waals surface area contributed by atoms with E-state index < -0.39 is 24.0 Å². The molecule has 0 saturated heterocycles. The van der Waals surface area contributed by atoms with Gasteiger partial charge in [-0.3, -0.25) is 4.79 Å². The molecule has 0 aliphatic carbocycles. The summed E-state index contributed by atoms with van der Waals surface area (Å²) in [7, 11) is 1.80. The number of fused-ring (bicyclic) bond motifs is 2. The first-order valence-electron chi connectivity index (χ1n) is 7.48. The third kappa shape index (κ3) is 2.44. The van der Waals surface area contributed by atoms with Crippen LogP contribution in [-0.4, -0.2) is 20.6 Å². The summed E-state index contributed by atoms with van der Waals surface area (Å²) in [5.74, 6) is -2.13. The van der Waals surface area contributed by atoms with E-state index in [9.17, 15) is 13.6 Å². The van der Waals surface area contributed by atoms with Crippen LogP contribution in [0.5, 0.6) is 0 Å². The molecule has 2 heterocycles. The van der Waals surface area contributed by atoms with Crippen LogP contribution in [-0.2, 0) is 18.3 Å². The predicted octanol–water partition coefficient (Wildman–Crippen LogP) is 3.89. The van der Waals surface area contributed by atoms with Gasteiger partial charge in [-0.1, -0.05) is 6.07 Å². The van der Waals surface area contributed by atoms with E-state index in [2.05, 4.69) is 4.98 Å². The normalized spacial score (nSPS) is 11.5. The summed E-state index contributed by atoms with van der Waals surface area (Å²) in [6.07, 6.45) is 1.28. The van der Waals surface area contributed by atoms with Crippen molar-refractivity contribution in [3.8, 4) is 11.5 Å². The van der Waals surface area contributed by atoms with Crippen LogP contribution in [0.15, 0.2) is 40.9 Å². The molecule has 0 aliphatic rings. The molecule has 2 aromatic carbocycles. The van der Waals surface area contributed by atoms with Gasteiger partial charge in [0.1, 0.15) is 11.3 Å². The van der Waals surface area contributed by atoms with Gasteiger partial charge in [0.2, 0.25) is 5.89 Å². The van der Waals surface area contributed by atoms with Crippen molar-refractivity contribution in [3.63, 3.8) is 0 Å². The Hall–Kier alpha value is -3.22. The highest BCUT2D eigenvalue weighted by molar-refractivity contribution is 5.95. The van der Waals surface area contributed by atoms with E-state index in [1.165, 1.54) is 24.3 Å². The predicted molar refractivity (Wildman–Crippen MR) is 87.2 cm³/mol. The zero-order valence-corrected chi connectivity index (χ0v) is 13.1. The maximum Gasteiger partial charge on any atom is 0.307 e. The molecule has 0 radical (unpaired) electrons. The number of nitrogens with zero attached hydrogens (tertiary/aromatic N) is 2. The number of aliphatic carboxylic acids is 1. The maximum atomic E-state index is 14.5. The van der Waals surface area contributed by atoms with Crippen molar-refractivity contribution < 1.29 is 23.1 Å². The largest absolute Gasteiger partial charge is 0.481 e. The van der Waals surface area contributed by atoms with Crippen LogP contribution in [0.3, 0.4) is 0 Å². The fraction of sp³-hybridized carbons (Fsp3) is 0.111. The van der Waals surface area contributed by atoms with Crippen molar-refractivity contribution in [3.05, 3.63) is 53.7 Å². The van der Waals surface area contributed by atoms with E-state index >= 15 is 0 Å². The lowest BCUT2D eigenvalue weighted by Gasteiger charge is -1.98. The first-order valence-corrected chi connectivity index (χ1v) is 7.48. The summed E-state index contributed by atoms with van der Waals surface area (Å²) in [6, 6.07) is 7.25. The Morgan fingerprint density at radius 3 is 2.84 bits per heavy atom. The molecule has 0 aliphatic heterocycles. The van der Waals surface area contributed by atoms with Crippen LogP contribution >= 0.6 is 0 Å². The molecule has 126 valence electrons. The number of aryl methyl sites for hydroxylation is 1. The zero-order valence-electron chi connectivity index (χ0n) is 13.1. The van der Waals surface area contributed by atoms with Gasteiger partial charge in [0.15, 0.2) is 11.4 Å². The minimum atomic E-state index is -1.14. The summed E-state index contributed by atoms with van der Waals surface area (Å²) in [5.41, 5.74) is 1.50. The maximum absolute atomic E-state index is 14.5. The quantitative estimate of drug-likeness (QED) is 0.613. The van der Waals surface area contributed by atoms with Crippen LogP contribution in [0.1, 0.15) is 5.56 Å². The molecule has 0 atom stereocenters. The Morgan fingerprint density at radius 1 is 1.28 bits per heavy atom. The van der Waals surface area contributed by atoms with Crippen molar-refractivity contribution in [2.75, 3.05) is 0 Å². The number of carboxylic acid groups (broad SMARTS) is 1. The van der Waals surface area contributed by atoms with E-state index in [0.717, 1.165) is 5.52 Å². The molecule has 0 fully saturated rings. The van der Waals surface area contributed by atoms with Crippen molar-refractivity contribution in [1.29, 1.82) is 0 Å². The number of benzene rings is 2. The second-order valence-electron chi connectivity index (χ2n) is 5.79. The van der Waals surface area contributed by atoms with Gasteiger partial charge in [0, 0.05) is 29.7 Å². The first kappa shape index (κ1) is 15.3. The minimum absolute atomic E-state index is 0.0201. The monoisotopic (exact) mass is 342 g/mol. The van der Waals surface area contributed by atoms with Crippen LogP contribution in [0, 0.1) is 11.6 Å². The molecule has 7 heteroatoms. The van der Waals surface area contributed by atoms with E-state index in [0.29, 0.717) is 10.9 Å². The summed E-state index contributed by atoms with van der Waals surface area (Å²) in [6.45, 7) is 0. The first-order chi connectivity index (χ1) is 11.9. The van der Waals surface area contributed by atoms with Crippen LogP contribution in [0.25, 0.3) is 33.5 Å². The van der Waals surface area contributed by atoms with E-state index in [1.807, 2.05) is 0 Å². The van der Waals surface area contributed by atoms with Gasteiger partial charge in [-0.25, -0.2) is 13.8 Å². The molecule has 2 aromatic heterocycles. The van der Waals surface area contributed by atoms with Gasteiger partial charge in [-0.2, -0.15) is 0 Å². The molecule has 0 spiro atoms. The molecule has 1 N–H and O–H groups in total. The number of aromatic nitrogens is 2. The van der Waals surface area contributed by atoms with Gasteiger partial charge in [0.25, 0.3) is 0 Å². The second-order valence-corrected chi connectivity index (χ2v) is 5.79. The highest BCUT2D eigenvalue weighted by Crippen LogP contribution is 2.33. The lowest BCUT2D eigenvalue weighted by Crippen LogP contribution is -2.02. The molecule has 4 rings (SSSR count). The van der Waals surface area contributed by atoms with Crippen molar-refractivity contribution in [2.24, 2.45) is 7.05 Å².